The predicted octanol–water partition coefficient (Wildman–Crippen LogP) is 3.06. The Morgan fingerprint density at radius 1 is 1.38 bits per heavy atom. The van der Waals surface area contributed by atoms with E-state index in [0.29, 0.717) is 29.4 Å². The fourth-order valence-electron chi connectivity index (χ4n) is 2.47. The number of nitrogens with one attached hydrogen (secondary N) is 1. The summed E-state index contributed by atoms with van der Waals surface area (Å²) in [6.07, 6.45) is 4.29. The van der Waals surface area contributed by atoms with Gasteiger partial charge >= 0.3 is 0 Å². The minimum Gasteiger partial charge on any atom is -0.377 e. The van der Waals surface area contributed by atoms with Gasteiger partial charge in [0.2, 0.25) is 0 Å². The molecule has 0 spiro atoms. The van der Waals surface area contributed by atoms with Crippen LogP contribution in [0.2, 0.25) is 0 Å². The Hall–Kier alpha value is -1.18. The van der Waals surface area contributed by atoms with Gasteiger partial charge in [-0.15, -0.1) is 0 Å². The molecule has 1 aliphatic rings. The zero-order valence-corrected chi connectivity index (χ0v) is 13.3. The third kappa shape index (κ3) is 4.94. The molecule has 7 heteroatoms. The molecule has 6 nitrogen and oxygen atoms in total. The maximum Gasteiger partial charge on any atom is 0.293 e. The normalized spacial score (nSPS) is 22.0. The van der Waals surface area contributed by atoms with Crippen molar-refractivity contribution in [3.05, 3.63) is 32.8 Å². The van der Waals surface area contributed by atoms with E-state index in [1.165, 1.54) is 6.07 Å². The number of nitro benzene ring substituents is 1. The number of anilines is 1. The molecule has 2 rings (SSSR count). The lowest BCUT2D eigenvalue weighted by molar-refractivity contribution is -0.384. The van der Waals surface area contributed by atoms with Crippen LogP contribution >= 0.6 is 15.9 Å². The molecule has 1 aromatic carbocycles. The van der Waals surface area contributed by atoms with E-state index in [-0.39, 0.29) is 11.8 Å². The van der Waals surface area contributed by atoms with Crippen molar-refractivity contribution in [2.75, 3.05) is 18.5 Å². The van der Waals surface area contributed by atoms with E-state index in [1.807, 2.05) is 0 Å². The number of hydrogen-bond acceptors (Lipinski definition) is 5. The van der Waals surface area contributed by atoms with Gasteiger partial charge < -0.3 is 15.8 Å². The van der Waals surface area contributed by atoms with Gasteiger partial charge in [-0.2, -0.15) is 0 Å². The number of benzene rings is 1. The van der Waals surface area contributed by atoms with Crippen LogP contribution in [0.5, 0.6) is 0 Å². The van der Waals surface area contributed by atoms with Crippen molar-refractivity contribution in [3.63, 3.8) is 0 Å². The Labute approximate surface area is 132 Å². The molecular formula is C14H20BrN3O3. The number of nitrogens with zero attached hydrogens (tertiary/aromatic N) is 1. The number of hydrogen-bond donors (Lipinski definition) is 2. The van der Waals surface area contributed by atoms with Crippen molar-refractivity contribution in [1.29, 1.82) is 0 Å². The quantitative estimate of drug-likeness (QED) is 0.463. The molecule has 3 N–H and O–H groups in total. The SMILES string of the molecule is NC1CCC(OCCNc2ccc(Br)cc2[N+](=O)[O-])CC1. The smallest absolute Gasteiger partial charge is 0.293 e. The fourth-order valence-corrected chi connectivity index (χ4v) is 2.82. The number of rotatable bonds is 6. The first-order valence-electron chi connectivity index (χ1n) is 7.11. The predicted molar refractivity (Wildman–Crippen MR) is 85.5 cm³/mol. The van der Waals surface area contributed by atoms with Gasteiger partial charge in [0.15, 0.2) is 0 Å². The maximum atomic E-state index is 11.0. The molecule has 116 valence electrons. The van der Waals surface area contributed by atoms with Crippen molar-refractivity contribution >= 4 is 27.3 Å². The summed E-state index contributed by atoms with van der Waals surface area (Å²) in [6.45, 7) is 1.08. The molecule has 0 atom stereocenters. The van der Waals surface area contributed by atoms with Crippen LogP contribution in [0.1, 0.15) is 25.7 Å². The summed E-state index contributed by atoms with van der Waals surface area (Å²) in [7, 11) is 0. The van der Waals surface area contributed by atoms with Crippen LogP contribution in [0.15, 0.2) is 22.7 Å². The molecule has 1 saturated carbocycles. The van der Waals surface area contributed by atoms with Gasteiger partial charge in [0.25, 0.3) is 5.69 Å². The second kappa shape index (κ2) is 7.72. The minimum absolute atomic E-state index is 0.0630. The Bertz CT molecular complexity index is 490. The lowest BCUT2D eigenvalue weighted by Crippen LogP contribution is -2.31. The average Bonchev–Trinajstić information content (AvgIpc) is 2.46. The second-order valence-corrected chi connectivity index (χ2v) is 6.17. The Kier molecular flexibility index (Phi) is 5.96. The molecule has 0 unspecified atom stereocenters. The number of ether oxygens (including phenoxy) is 1. The zero-order valence-electron chi connectivity index (χ0n) is 11.8. The molecule has 0 heterocycles. The van der Waals surface area contributed by atoms with Gasteiger partial charge in [0, 0.05) is 23.1 Å². The second-order valence-electron chi connectivity index (χ2n) is 5.25. The van der Waals surface area contributed by atoms with Crippen LogP contribution in [-0.4, -0.2) is 30.2 Å². The molecular weight excluding hydrogens is 338 g/mol. The molecule has 1 aromatic rings. The lowest BCUT2D eigenvalue weighted by atomic mass is 9.94. The molecule has 1 aliphatic carbocycles. The summed E-state index contributed by atoms with van der Waals surface area (Å²) < 4.78 is 6.47. The van der Waals surface area contributed by atoms with Crippen molar-refractivity contribution in [2.45, 2.75) is 37.8 Å². The van der Waals surface area contributed by atoms with Crippen LogP contribution in [0.25, 0.3) is 0 Å². The van der Waals surface area contributed by atoms with E-state index in [9.17, 15) is 10.1 Å². The maximum absolute atomic E-state index is 11.0. The first-order valence-corrected chi connectivity index (χ1v) is 7.90. The standard InChI is InChI=1S/C14H20BrN3O3/c15-10-1-6-13(14(9-10)18(19)20)17-7-8-21-12-4-2-11(16)3-5-12/h1,6,9,11-12,17H,2-5,7-8,16H2. The van der Waals surface area contributed by atoms with Crippen molar-refractivity contribution in [3.8, 4) is 0 Å². The molecule has 0 aromatic heterocycles. The highest BCUT2D eigenvalue weighted by Crippen LogP contribution is 2.27. The fraction of sp³-hybridized carbons (Fsp3) is 0.571. The summed E-state index contributed by atoms with van der Waals surface area (Å²) in [6, 6.07) is 5.28. The molecule has 0 radical (unpaired) electrons. The van der Waals surface area contributed by atoms with Crippen molar-refractivity contribution < 1.29 is 9.66 Å². The van der Waals surface area contributed by atoms with Crippen LogP contribution in [0, 0.1) is 10.1 Å². The van der Waals surface area contributed by atoms with Gasteiger partial charge in [-0.25, -0.2) is 0 Å². The number of halogens is 1. The van der Waals surface area contributed by atoms with E-state index in [0.717, 1.165) is 25.7 Å². The van der Waals surface area contributed by atoms with E-state index in [2.05, 4.69) is 21.2 Å². The Morgan fingerprint density at radius 2 is 2.10 bits per heavy atom. The molecule has 0 bridgehead atoms. The average molecular weight is 358 g/mol. The third-order valence-electron chi connectivity index (χ3n) is 3.65. The van der Waals surface area contributed by atoms with Gasteiger partial charge in [0.05, 0.1) is 17.6 Å². The first-order chi connectivity index (χ1) is 10.1. The molecule has 0 aliphatic heterocycles. The molecule has 0 amide bonds. The largest absolute Gasteiger partial charge is 0.377 e. The van der Waals surface area contributed by atoms with Crippen LogP contribution in [0.4, 0.5) is 11.4 Å². The van der Waals surface area contributed by atoms with Gasteiger partial charge in [-0.05, 0) is 37.8 Å². The van der Waals surface area contributed by atoms with Crippen molar-refractivity contribution in [2.24, 2.45) is 5.73 Å². The Morgan fingerprint density at radius 3 is 2.76 bits per heavy atom. The lowest BCUT2D eigenvalue weighted by Gasteiger charge is -2.26. The first kappa shape index (κ1) is 16.2. The highest BCUT2D eigenvalue weighted by molar-refractivity contribution is 9.10. The van der Waals surface area contributed by atoms with E-state index >= 15 is 0 Å². The van der Waals surface area contributed by atoms with E-state index in [1.54, 1.807) is 12.1 Å². The number of nitro groups is 1. The van der Waals surface area contributed by atoms with Crippen LogP contribution in [0.3, 0.4) is 0 Å². The van der Waals surface area contributed by atoms with Gasteiger partial charge in [0.1, 0.15) is 5.69 Å². The van der Waals surface area contributed by atoms with E-state index in [4.69, 9.17) is 10.5 Å². The monoisotopic (exact) mass is 357 g/mol. The molecule has 1 fully saturated rings. The summed E-state index contributed by atoms with van der Waals surface area (Å²) in [5, 5.41) is 14.0. The third-order valence-corrected chi connectivity index (χ3v) is 4.14. The topological polar surface area (TPSA) is 90.4 Å². The van der Waals surface area contributed by atoms with Gasteiger partial charge in [-0.3, -0.25) is 10.1 Å². The summed E-state index contributed by atoms with van der Waals surface area (Å²) >= 11 is 3.24. The van der Waals surface area contributed by atoms with E-state index < -0.39 is 4.92 Å². The van der Waals surface area contributed by atoms with Crippen LogP contribution < -0.4 is 11.1 Å². The van der Waals surface area contributed by atoms with Crippen molar-refractivity contribution in [1.82, 2.24) is 0 Å². The summed E-state index contributed by atoms with van der Waals surface area (Å²) in [5.41, 5.74) is 6.42. The van der Waals surface area contributed by atoms with Gasteiger partial charge in [-0.1, -0.05) is 15.9 Å². The Balaban J connectivity index is 1.77. The molecule has 0 saturated heterocycles. The molecule has 21 heavy (non-hydrogen) atoms. The summed E-state index contributed by atoms with van der Waals surface area (Å²) in [4.78, 5) is 10.6. The zero-order chi connectivity index (χ0) is 15.2. The number of nitrogens with two attached hydrogens (primary N) is 1. The highest BCUT2D eigenvalue weighted by Gasteiger charge is 2.19. The summed E-state index contributed by atoms with van der Waals surface area (Å²) in [5.74, 6) is 0. The van der Waals surface area contributed by atoms with Crippen LogP contribution in [-0.2, 0) is 4.74 Å². The minimum atomic E-state index is -0.392. The highest BCUT2D eigenvalue weighted by atomic mass is 79.9.